The molecular formula is C9H9Br2N3. The fourth-order valence-corrected chi connectivity index (χ4v) is 2.05. The van der Waals surface area contributed by atoms with E-state index in [2.05, 4.69) is 48.9 Å². The molecule has 0 aromatic carbocycles. The first-order valence-corrected chi connectivity index (χ1v) is 5.98. The van der Waals surface area contributed by atoms with Gasteiger partial charge in [0.15, 0.2) is 5.65 Å². The van der Waals surface area contributed by atoms with E-state index < -0.39 is 0 Å². The Morgan fingerprint density at radius 1 is 1.36 bits per heavy atom. The van der Waals surface area contributed by atoms with Gasteiger partial charge in [0, 0.05) is 17.2 Å². The lowest BCUT2D eigenvalue weighted by Gasteiger charge is -2.00. The molecule has 0 radical (unpaired) electrons. The third-order valence-electron chi connectivity index (χ3n) is 1.99. The van der Waals surface area contributed by atoms with Gasteiger partial charge in [-0.05, 0) is 38.3 Å². The van der Waals surface area contributed by atoms with Gasteiger partial charge in [-0.3, -0.25) is 0 Å². The monoisotopic (exact) mass is 317 g/mol. The van der Waals surface area contributed by atoms with Crippen LogP contribution in [0.15, 0.2) is 21.3 Å². The fourth-order valence-electron chi connectivity index (χ4n) is 1.35. The summed E-state index contributed by atoms with van der Waals surface area (Å²) in [6.07, 6.45) is 4.69. The molecule has 0 saturated heterocycles. The predicted octanol–water partition coefficient (Wildman–Crippen LogP) is 3.37. The van der Waals surface area contributed by atoms with Crippen LogP contribution in [0.1, 0.15) is 13.3 Å². The van der Waals surface area contributed by atoms with Gasteiger partial charge in [0.1, 0.15) is 0 Å². The van der Waals surface area contributed by atoms with Crippen LogP contribution in [0.25, 0.3) is 11.0 Å². The van der Waals surface area contributed by atoms with E-state index in [4.69, 9.17) is 0 Å². The van der Waals surface area contributed by atoms with E-state index >= 15 is 0 Å². The van der Waals surface area contributed by atoms with Crippen molar-refractivity contribution in [2.24, 2.45) is 0 Å². The molecule has 0 saturated carbocycles. The van der Waals surface area contributed by atoms with Crippen molar-refractivity contribution in [3.63, 3.8) is 0 Å². The molecule has 5 heteroatoms. The number of nitrogens with zero attached hydrogens (tertiary/aromatic N) is 3. The molecule has 3 nitrogen and oxygen atoms in total. The highest BCUT2D eigenvalue weighted by Gasteiger charge is 2.08. The minimum absolute atomic E-state index is 0.907. The molecule has 0 amide bonds. The number of aryl methyl sites for hydroxylation is 1. The standard InChI is InChI=1S/C9H9Br2N3/c1-2-3-14-9-6(4-13-14)8(11)7(10)5-12-9/h4-5H,2-3H2,1H3. The van der Waals surface area contributed by atoms with Crippen molar-refractivity contribution in [2.75, 3.05) is 0 Å². The minimum Gasteiger partial charge on any atom is -0.247 e. The van der Waals surface area contributed by atoms with Crippen LogP contribution in [-0.2, 0) is 6.54 Å². The number of aromatic nitrogens is 3. The topological polar surface area (TPSA) is 30.7 Å². The maximum Gasteiger partial charge on any atom is 0.158 e. The van der Waals surface area contributed by atoms with Gasteiger partial charge in [0.25, 0.3) is 0 Å². The third kappa shape index (κ3) is 1.59. The van der Waals surface area contributed by atoms with Crippen molar-refractivity contribution in [1.82, 2.24) is 14.8 Å². The van der Waals surface area contributed by atoms with E-state index in [9.17, 15) is 0 Å². The second kappa shape index (κ2) is 3.98. The number of hydrogen-bond acceptors (Lipinski definition) is 2. The number of pyridine rings is 1. The Morgan fingerprint density at radius 3 is 2.86 bits per heavy atom. The third-order valence-corrected chi connectivity index (χ3v) is 3.98. The highest BCUT2D eigenvalue weighted by Crippen LogP contribution is 2.29. The van der Waals surface area contributed by atoms with Gasteiger partial charge < -0.3 is 0 Å². The lowest BCUT2D eigenvalue weighted by atomic mass is 10.3. The van der Waals surface area contributed by atoms with Crippen LogP contribution in [-0.4, -0.2) is 14.8 Å². The lowest BCUT2D eigenvalue weighted by molar-refractivity contribution is 0.617. The van der Waals surface area contributed by atoms with Gasteiger partial charge in [-0.25, -0.2) is 9.67 Å². The van der Waals surface area contributed by atoms with Gasteiger partial charge in [-0.2, -0.15) is 5.10 Å². The summed E-state index contributed by atoms with van der Waals surface area (Å²) in [4.78, 5) is 4.34. The Bertz CT molecular complexity index is 464. The molecule has 0 aliphatic carbocycles. The van der Waals surface area contributed by atoms with Crippen molar-refractivity contribution in [2.45, 2.75) is 19.9 Å². The smallest absolute Gasteiger partial charge is 0.158 e. The number of rotatable bonds is 2. The van der Waals surface area contributed by atoms with Gasteiger partial charge in [0.2, 0.25) is 0 Å². The van der Waals surface area contributed by atoms with Crippen LogP contribution in [0.4, 0.5) is 0 Å². The SMILES string of the molecule is CCCn1ncc2c(Br)c(Br)cnc21. The van der Waals surface area contributed by atoms with E-state index in [1.807, 2.05) is 10.9 Å². The normalized spacial score (nSPS) is 11.1. The quantitative estimate of drug-likeness (QED) is 0.850. The molecule has 0 aliphatic rings. The van der Waals surface area contributed by atoms with E-state index in [-0.39, 0.29) is 0 Å². The van der Waals surface area contributed by atoms with Crippen LogP contribution in [0.5, 0.6) is 0 Å². The Kier molecular flexibility index (Phi) is 2.88. The zero-order valence-electron chi connectivity index (χ0n) is 7.67. The van der Waals surface area contributed by atoms with Crippen molar-refractivity contribution < 1.29 is 0 Å². The largest absolute Gasteiger partial charge is 0.247 e. The fraction of sp³-hybridized carbons (Fsp3) is 0.333. The lowest BCUT2D eigenvalue weighted by Crippen LogP contribution is -1.99. The molecular weight excluding hydrogens is 310 g/mol. The van der Waals surface area contributed by atoms with Crippen molar-refractivity contribution in [3.8, 4) is 0 Å². The number of hydrogen-bond donors (Lipinski definition) is 0. The zero-order valence-corrected chi connectivity index (χ0v) is 10.8. The first-order chi connectivity index (χ1) is 6.74. The predicted molar refractivity (Wildman–Crippen MR) is 63.2 cm³/mol. The van der Waals surface area contributed by atoms with E-state index in [0.717, 1.165) is 32.9 Å². The van der Waals surface area contributed by atoms with Crippen LogP contribution >= 0.6 is 31.9 Å². The van der Waals surface area contributed by atoms with Gasteiger partial charge in [-0.15, -0.1) is 0 Å². The van der Waals surface area contributed by atoms with Crippen LogP contribution in [0.3, 0.4) is 0 Å². The molecule has 2 aromatic rings. The second-order valence-corrected chi connectivity index (χ2v) is 4.67. The minimum atomic E-state index is 0.907. The van der Waals surface area contributed by atoms with Crippen LogP contribution < -0.4 is 0 Å². The summed E-state index contributed by atoms with van der Waals surface area (Å²) in [7, 11) is 0. The molecule has 2 aromatic heterocycles. The number of halogens is 2. The average Bonchev–Trinajstić information content (AvgIpc) is 2.57. The summed E-state index contributed by atoms with van der Waals surface area (Å²) in [5.74, 6) is 0. The Balaban J connectivity index is 2.64. The summed E-state index contributed by atoms with van der Waals surface area (Å²) in [6, 6.07) is 0. The molecule has 0 bridgehead atoms. The Morgan fingerprint density at radius 2 is 2.14 bits per heavy atom. The van der Waals surface area contributed by atoms with Crippen molar-refractivity contribution >= 4 is 42.9 Å². The summed E-state index contributed by atoms with van der Waals surface area (Å²) in [6.45, 7) is 3.03. The summed E-state index contributed by atoms with van der Waals surface area (Å²) >= 11 is 6.92. The zero-order chi connectivity index (χ0) is 10.1. The van der Waals surface area contributed by atoms with Gasteiger partial charge in [0.05, 0.1) is 16.1 Å². The van der Waals surface area contributed by atoms with Crippen molar-refractivity contribution in [1.29, 1.82) is 0 Å². The molecule has 0 aliphatic heterocycles. The summed E-state index contributed by atoms with van der Waals surface area (Å²) in [5, 5.41) is 5.34. The summed E-state index contributed by atoms with van der Waals surface area (Å²) < 4.78 is 3.90. The average molecular weight is 319 g/mol. The maximum atomic E-state index is 4.34. The molecule has 74 valence electrons. The first-order valence-electron chi connectivity index (χ1n) is 4.39. The Labute approximate surface area is 98.8 Å². The van der Waals surface area contributed by atoms with Gasteiger partial charge in [-0.1, -0.05) is 6.92 Å². The molecule has 0 spiro atoms. The molecule has 2 rings (SSSR count). The molecule has 14 heavy (non-hydrogen) atoms. The molecule has 0 atom stereocenters. The summed E-state index contributed by atoms with van der Waals surface area (Å²) in [5.41, 5.74) is 0.932. The van der Waals surface area contributed by atoms with E-state index in [1.54, 1.807) is 6.20 Å². The molecule has 0 fully saturated rings. The van der Waals surface area contributed by atoms with Crippen LogP contribution in [0.2, 0.25) is 0 Å². The first kappa shape index (κ1) is 10.1. The molecule has 0 N–H and O–H groups in total. The van der Waals surface area contributed by atoms with E-state index in [0.29, 0.717) is 0 Å². The highest BCUT2D eigenvalue weighted by atomic mass is 79.9. The van der Waals surface area contributed by atoms with E-state index in [1.165, 1.54) is 0 Å². The maximum absolute atomic E-state index is 4.34. The molecule has 2 heterocycles. The van der Waals surface area contributed by atoms with Crippen LogP contribution in [0, 0.1) is 0 Å². The number of fused-ring (bicyclic) bond motifs is 1. The second-order valence-electron chi connectivity index (χ2n) is 3.03. The Hall–Kier alpha value is -0.420. The molecule has 0 unspecified atom stereocenters. The van der Waals surface area contributed by atoms with Gasteiger partial charge >= 0.3 is 0 Å². The highest BCUT2D eigenvalue weighted by molar-refractivity contribution is 9.13. The van der Waals surface area contributed by atoms with Crippen molar-refractivity contribution in [3.05, 3.63) is 21.3 Å².